The van der Waals surface area contributed by atoms with Gasteiger partial charge in [0.15, 0.2) is 16.6 Å². The largest absolute Gasteiger partial charge is 0.486 e. The number of thiazole rings is 1. The molecule has 0 radical (unpaired) electrons. The first-order valence-corrected chi connectivity index (χ1v) is 11.1. The van der Waals surface area contributed by atoms with Crippen molar-refractivity contribution in [3.63, 3.8) is 0 Å². The molecule has 4 heterocycles. The number of hydrogen-bond donors (Lipinski definition) is 1. The fourth-order valence-electron chi connectivity index (χ4n) is 3.29. The normalized spacial score (nSPS) is 13.4. The van der Waals surface area contributed by atoms with Crippen LogP contribution < -0.4 is 14.8 Å². The highest BCUT2D eigenvalue weighted by Crippen LogP contribution is 2.37. The van der Waals surface area contributed by atoms with Gasteiger partial charge in [0.2, 0.25) is 0 Å². The number of fused-ring (bicyclic) bond motifs is 2. The average Bonchev–Trinajstić information content (AvgIpc) is 3.37. The molecule has 164 valence electrons. The highest BCUT2D eigenvalue weighted by Gasteiger charge is 2.33. The summed E-state index contributed by atoms with van der Waals surface area (Å²) in [4.78, 5) is 21.4. The van der Waals surface area contributed by atoms with Crippen molar-refractivity contribution >= 4 is 43.9 Å². The van der Waals surface area contributed by atoms with Crippen molar-refractivity contribution in [3.8, 4) is 22.8 Å². The molecule has 0 atom stereocenters. The monoisotopic (exact) mass is 477 g/mol. The quantitative estimate of drug-likeness (QED) is 0.406. The van der Waals surface area contributed by atoms with E-state index in [2.05, 4.69) is 15.3 Å². The maximum Gasteiger partial charge on any atom is 0.433 e. The van der Waals surface area contributed by atoms with Gasteiger partial charge in [-0.25, -0.2) is 9.97 Å². The van der Waals surface area contributed by atoms with Gasteiger partial charge in [0.1, 0.15) is 23.7 Å². The Morgan fingerprint density at radius 3 is 2.66 bits per heavy atom. The zero-order chi connectivity index (χ0) is 22.5. The molecule has 0 unspecified atom stereocenters. The van der Waals surface area contributed by atoms with E-state index in [4.69, 9.17) is 9.47 Å². The number of ether oxygens (including phenoxy) is 2. The molecule has 0 spiro atoms. The summed E-state index contributed by atoms with van der Waals surface area (Å²) >= 11 is 2.17. The lowest BCUT2D eigenvalue weighted by molar-refractivity contribution is -0.140. The number of aromatic nitrogens is 2. The fraction of sp³-hybridized carbons (Fsp3) is 0.190. The number of rotatable bonds is 3. The SMILES string of the molecule is Cc1c(C(=O)Nc2nc(-c3ccc4c(c3)OCCO4)cs2)sc2nc(C(F)(F)F)ccc12. The van der Waals surface area contributed by atoms with Crippen molar-refractivity contribution in [2.75, 3.05) is 18.5 Å². The topological polar surface area (TPSA) is 73.3 Å². The van der Waals surface area contributed by atoms with Crippen LogP contribution in [0.1, 0.15) is 20.9 Å². The van der Waals surface area contributed by atoms with E-state index in [0.29, 0.717) is 51.4 Å². The number of amides is 1. The molecular weight excluding hydrogens is 463 g/mol. The molecular formula is C21H14F3N3O3S2. The lowest BCUT2D eigenvalue weighted by Gasteiger charge is -2.18. The van der Waals surface area contributed by atoms with Crippen molar-refractivity contribution in [2.45, 2.75) is 13.1 Å². The van der Waals surface area contributed by atoms with Gasteiger partial charge in [-0.05, 0) is 42.8 Å². The van der Waals surface area contributed by atoms with Crippen LogP contribution in [-0.2, 0) is 6.18 Å². The molecule has 32 heavy (non-hydrogen) atoms. The molecule has 3 aromatic heterocycles. The molecule has 4 aromatic rings. The predicted molar refractivity (Wildman–Crippen MR) is 116 cm³/mol. The second kappa shape index (κ2) is 7.75. The highest BCUT2D eigenvalue weighted by atomic mass is 32.1. The maximum atomic E-state index is 12.9. The van der Waals surface area contributed by atoms with Gasteiger partial charge in [-0.3, -0.25) is 10.1 Å². The summed E-state index contributed by atoms with van der Waals surface area (Å²) in [7, 11) is 0. The number of thiophene rings is 1. The van der Waals surface area contributed by atoms with Gasteiger partial charge in [0, 0.05) is 16.3 Å². The maximum absolute atomic E-state index is 12.9. The van der Waals surface area contributed by atoms with Crippen LogP contribution in [0.4, 0.5) is 18.3 Å². The molecule has 1 aliphatic heterocycles. The van der Waals surface area contributed by atoms with Gasteiger partial charge in [-0.2, -0.15) is 13.2 Å². The molecule has 1 aliphatic rings. The first kappa shape index (κ1) is 20.7. The number of carbonyl (C=O) groups excluding carboxylic acids is 1. The van der Waals surface area contributed by atoms with Crippen LogP contribution in [0.25, 0.3) is 21.5 Å². The first-order valence-electron chi connectivity index (χ1n) is 9.44. The number of benzene rings is 1. The molecule has 0 bridgehead atoms. The molecule has 5 rings (SSSR count). The van der Waals surface area contributed by atoms with Gasteiger partial charge < -0.3 is 9.47 Å². The number of anilines is 1. The summed E-state index contributed by atoms with van der Waals surface area (Å²) in [5, 5.41) is 5.43. The molecule has 6 nitrogen and oxygen atoms in total. The zero-order valence-corrected chi connectivity index (χ0v) is 18.1. The van der Waals surface area contributed by atoms with E-state index in [0.717, 1.165) is 23.0 Å². The van der Waals surface area contributed by atoms with E-state index < -0.39 is 17.8 Å². The summed E-state index contributed by atoms with van der Waals surface area (Å²) in [5.41, 5.74) is 1.06. The first-order chi connectivity index (χ1) is 15.3. The number of aryl methyl sites for hydroxylation is 1. The van der Waals surface area contributed by atoms with Crippen molar-refractivity contribution in [1.82, 2.24) is 9.97 Å². The van der Waals surface area contributed by atoms with Crippen LogP contribution in [0.2, 0.25) is 0 Å². The number of pyridine rings is 1. The molecule has 0 fully saturated rings. The van der Waals surface area contributed by atoms with Gasteiger partial charge in [0.25, 0.3) is 5.91 Å². The summed E-state index contributed by atoms with van der Waals surface area (Å²) < 4.78 is 49.9. The average molecular weight is 477 g/mol. The Morgan fingerprint density at radius 1 is 1.09 bits per heavy atom. The zero-order valence-electron chi connectivity index (χ0n) is 16.4. The summed E-state index contributed by atoms with van der Waals surface area (Å²) in [5.74, 6) is 0.868. The summed E-state index contributed by atoms with van der Waals surface area (Å²) in [6.45, 7) is 2.66. The van der Waals surface area contributed by atoms with Gasteiger partial charge in [-0.1, -0.05) is 0 Å². The Kier molecular flexibility index (Phi) is 5.01. The predicted octanol–water partition coefficient (Wildman–Crippen LogP) is 5.77. The van der Waals surface area contributed by atoms with Crippen LogP contribution >= 0.6 is 22.7 Å². The fourth-order valence-corrected chi connectivity index (χ4v) is 5.08. The second-order valence-electron chi connectivity index (χ2n) is 6.95. The van der Waals surface area contributed by atoms with Gasteiger partial charge in [-0.15, -0.1) is 22.7 Å². The Hall–Kier alpha value is -3.18. The number of nitrogens with one attached hydrogen (secondary N) is 1. The molecule has 0 aliphatic carbocycles. The minimum Gasteiger partial charge on any atom is -0.486 e. The Bertz CT molecular complexity index is 1350. The molecule has 1 N–H and O–H groups in total. The van der Waals surface area contributed by atoms with E-state index in [-0.39, 0.29) is 4.83 Å². The Morgan fingerprint density at radius 2 is 1.88 bits per heavy atom. The van der Waals surface area contributed by atoms with E-state index in [1.165, 1.54) is 17.4 Å². The van der Waals surface area contributed by atoms with Crippen LogP contribution in [0.3, 0.4) is 0 Å². The van der Waals surface area contributed by atoms with Gasteiger partial charge >= 0.3 is 6.18 Å². The minimum absolute atomic E-state index is 0.165. The Labute approximate surface area is 187 Å². The van der Waals surface area contributed by atoms with Crippen LogP contribution in [0, 0.1) is 6.92 Å². The number of hydrogen-bond acceptors (Lipinski definition) is 7. The van der Waals surface area contributed by atoms with Crippen molar-refractivity contribution in [3.05, 3.63) is 51.8 Å². The van der Waals surface area contributed by atoms with Crippen molar-refractivity contribution in [2.24, 2.45) is 0 Å². The smallest absolute Gasteiger partial charge is 0.433 e. The van der Waals surface area contributed by atoms with Crippen LogP contribution in [0.5, 0.6) is 11.5 Å². The molecule has 11 heteroatoms. The number of halogens is 3. The molecule has 1 amide bonds. The van der Waals surface area contributed by atoms with Crippen LogP contribution in [0.15, 0.2) is 35.7 Å². The van der Waals surface area contributed by atoms with Crippen LogP contribution in [-0.4, -0.2) is 29.1 Å². The van der Waals surface area contributed by atoms with E-state index >= 15 is 0 Å². The lowest BCUT2D eigenvalue weighted by atomic mass is 10.1. The van der Waals surface area contributed by atoms with Gasteiger partial charge in [0.05, 0.1) is 10.6 Å². The molecule has 0 saturated heterocycles. The number of carbonyl (C=O) groups is 1. The minimum atomic E-state index is -4.54. The third-order valence-corrected chi connectivity index (χ3v) is 6.82. The summed E-state index contributed by atoms with van der Waals surface area (Å²) in [6, 6.07) is 7.76. The van der Waals surface area contributed by atoms with E-state index in [9.17, 15) is 18.0 Å². The van der Waals surface area contributed by atoms with Crippen molar-refractivity contribution in [1.29, 1.82) is 0 Å². The number of alkyl halides is 3. The standard InChI is InChI=1S/C21H14F3N3O3S2/c1-10-12-3-5-16(21(22,23)24)26-19(12)32-17(10)18(28)27-20-25-13(9-31-20)11-2-4-14-15(8-11)30-7-6-29-14/h2-5,8-9H,6-7H2,1H3,(H,25,27,28). The third-order valence-electron chi connectivity index (χ3n) is 4.86. The third kappa shape index (κ3) is 3.78. The highest BCUT2D eigenvalue weighted by molar-refractivity contribution is 7.21. The molecule has 0 saturated carbocycles. The Balaban J connectivity index is 1.38. The van der Waals surface area contributed by atoms with E-state index in [1.807, 2.05) is 18.2 Å². The summed E-state index contributed by atoms with van der Waals surface area (Å²) in [6.07, 6.45) is -4.54. The van der Waals surface area contributed by atoms with E-state index in [1.54, 1.807) is 12.3 Å². The number of nitrogens with zero attached hydrogens (tertiary/aromatic N) is 2. The van der Waals surface area contributed by atoms with Crippen molar-refractivity contribution < 1.29 is 27.4 Å². The molecule has 1 aromatic carbocycles. The second-order valence-corrected chi connectivity index (χ2v) is 8.81. The lowest BCUT2D eigenvalue weighted by Crippen LogP contribution is -2.15.